The summed E-state index contributed by atoms with van der Waals surface area (Å²) < 4.78 is 6.39. The molecule has 0 radical (unpaired) electrons. The Bertz CT molecular complexity index is 1040. The van der Waals surface area contributed by atoms with E-state index in [0.29, 0.717) is 0 Å². The highest BCUT2D eigenvalue weighted by Gasteiger charge is 2.22. The Morgan fingerprint density at radius 2 is 2.12 bits per heavy atom. The number of esters is 1. The molecule has 7 nitrogen and oxygen atoms in total. The van der Waals surface area contributed by atoms with Crippen LogP contribution in [-0.4, -0.2) is 27.8 Å². The largest absolute Gasteiger partial charge is 0.464 e. The third-order valence-corrected chi connectivity index (χ3v) is 4.77. The summed E-state index contributed by atoms with van der Waals surface area (Å²) in [6.45, 7) is 0. The van der Waals surface area contributed by atoms with Crippen LogP contribution in [0.5, 0.6) is 0 Å². The van der Waals surface area contributed by atoms with E-state index in [0.717, 1.165) is 36.2 Å². The third kappa shape index (κ3) is 2.35. The molecule has 0 amide bonds. The van der Waals surface area contributed by atoms with Crippen molar-refractivity contribution in [3.8, 4) is 23.0 Å². The van der Waals surface area contributed by atoms with Crippen LogP contribution in [0.15, 0.2) is 30.5 Å². The van der Waals surface area contributed by atoms with Gasteiger partial charge in [0.15, 0.2) is 5.69 Å². The number of carbonyl (C=O) groups excluding carboxylic acids is 1. The monoisotopic (exact) mass is 347 g/mol. The number of rotatable bonds is 3. The average molecular weight is 347 g/mol. The zero-order valence-corrected chi connectivity index (χ0v) is 14.2. The molecule has 1 aromatic carbocycles. The zero-order valence-electron chi connectivity index (χ0n) is 14.2. The van der Waals surface area contributed by atoms with Gasteiger partial charge in [0.25, 0.3) is 0 Å². The van der Waals surface area contributed by atoms with Crippen molar-refractivity contribution in [3.63, 3.8) is 0 Å². The summed E-state index contributed by atoms with van der Waals surface area (Å²) >= 11 is 0. The van der Waals surface area contributed by atoms with Crippen molar-refractivity contribution in [2.45, 2.75) is 19.3 Å². The summed E-state index contributed by atoms with van der Waals surface area (Å²) in [5.41, 5.74) is 11.6. The third-order valence-electron chi connectivity index (χ3n) is 4.77. The van der Waals surface area contributed by atoms with Crippen LogP contribution in [0.25, 0.3) is 16.9 Å². The second-order valence-electron chi connectivity index (χ2n) is 6.21. The average Bonchev–Trinajstić information content (AvgIpc) is 3.35. The molecule has 2 heterocycles. The van der Waals surface area contributed by atoms with Crippen molar-refractivity contribution in [1.82, 2.24) is 14.8 Å². The minimum Gasteiger partial charge on any atom is -0.464 e. The highest BCUT2D eigenvalue weighted by atomic mass is 16.5. The lowest BCUT2D eigenvalue weighted by Crippen LogP contribution is -2.11. The number of hydrogen-bond acceptors (Lipinski definition) is 5. The number of methoxy groups -OCH3 is 1. The number of carbonyl (C=O) groups is 1. The standard InChI is InChI=1S/C19H17N5O2/c1-26-19(25)18-16(21)12(9-20)10-24(18)13-7-5-11(6-8-13)17-14-3-2-4-15(14)22-23-17/h5-8,10H,2-4,21H2,1H3,(H,22,23). The number of nitrogens with zero attached hydrogens (tertiary/aromatic N) is 3. The van der Waals surface area contributed by atoms with E-state index in [-0.39, 0.29) is 16.9 Å². The van der Waals surface area contributed by atoms with Crippen LogP contribution in [0.4, 0.5) is 5.69 Å². The number of anilines is 1. The first-order chi connectivity index (χ1) is 12.6. The first kappa shape index (κ1) is 16.0. The lowest BCUT2D eigenvalue weighted by atomic mass is 10.1. The van der Waals surface area contributed by atoms with Gasteiger partial charge >= 0.3 is 5.97 Å². The van der Waals surface area contributed by atoms with Crippen molar-refractivity contribution < 1.29 is 9.53 Å². The number of aromatic nitrogens is 3. The number of nitrogens with two attached hydrogens (primary N) is 1. The first-order valence-electron chi connectivity index (χ1n) is 8.30. The van der Waals surface area contributed by atoms with Gasteiger partial charge in [0, 0.05) is 28.7 Å². The SMILES string of the molecule is COC(=O)c1c(N)c(C#N)cn1-c1ccc(-c2n[nH]c3c2CCC3)cc1. The second-order valence-corrected chi connectivity index (χ2v) is 6.21. The number of H-pyrrole nitrogens is 1. The summed E-state index contributed by atoms with van der Waals surface area (Å²) in [6, 6.07) is 9.65. The van der Waals surface area contributed by atoms with E-state index < -0.39 is 5.97 Å². The van der Waals surface area contributed by atoms with Gasteiger partial charge in [-0.2, -0.15) is 10.4 Å². The van der Waals surface area contributed by atoms with Crippen molar-refractivity contribution in [2.75, 3.05) is 12.8 Å². The first-order valence-corrected chi connectivity index (χ1v) is 8.30. The number of benzene rings is 1. The van der Waals surface area contributed by atoms with Gasteiger partial charge in [-0.1, -0.05) is 12.1 Å². The van der Waals surface area contributed by atoms with Crippen LogP contribution in [-0.2, 0) is 17.6 Å². The maximum absolute atomic E-state index is 12.1. The molecule has 0 bridgehead atoms. The number of nitriles is 1. The van der Waals surface area contributed by atoms with E-state index in [1.807, 2.05) is 30.3 Å². The van der Waals surface area contributed by atoms with Crippen LogP contribution in [0.3, 0.4) is 0 Å². The molecule has 7 heteroatoms. The van der Waals surface area contributed by atoms with Crippen LogP contribution in [0.2, 0.25) is 0 Å². The molecule has 0 aliphatic heterocycles. The fraction of sp³-hybridized carbons (Fsp3) is 0.211. The molecule has 26 heavy (non-hydrogen) atoms. The number of aromatic amines is 1. The molecular weight excluding hydrogens is 330 g/mol. The number of ether oxygens (including phenoxy) is 1. The molecule has 3 aromatic rings. The minimum absolute atomic E-state index is 0.119. The molecule has 130 valence electrons. The summed E-state index contributed by atoms with van der Waals surface area (Å²) in [5, 5.41) is 16.8. The van der Waals surface area contributed by atoms with Crippen LogP contribution >= 0.6 is 0 Å². The van der Waals surface area contributed by atoms with E-state index in [9.17, 15) is 10.1 Å². The van der Waals surface area contributed by atoms with Gasteiger partial charge in [0.1, 0.15) is 6.07 Å². The number of nitrogens with one attached hydrogen (secondary N) is 1. The van der Waals surface area contributed by atoms with Crippen molar-refractivity contribution in [2.24, 2.45) is 0 Å². The highest BCUT2D eigenvalue weighted by Crippen LogP contribution is 2.31. The molecule has 0 unspecified atom stereocenters. The molecular formula is C19H17N5O2. The predicted molar refractivity (Wildman–Crippen MR) is 95.8 cm³/mol. The maximum atomic E-state index is 12.1. The van der Waals surface area contributed by atoms with Gasteiger partial charge in [-0.05, 0) is 31.4 Å². The van der Waals surface area contributed by atoms with Gasteiger partial charge in [-0.15, -0.1) is 0 Å². The molecule has 4 rings (SSSR count). The fourth-order valence-corrected chi connectivity index (χ4v) is 3.46. The van der Waals surface area contributed by atoms with Crippen molar-refractivity contribution >= 4 is 11.7 Å². The molecule has 3 N–H and O–H groups in total. The molecule has 0 saturated carbocycles. The lowest BCUT2D eigenvalue weighted by Gasteiger charge is -2.09. The zero-order chi connectivity index (χ0) is 18.3. The molecule has 2 aromatic heterocycles. The Balaban J connectivity index is 1.76. The van der Waals surface area contributed by atoms with Gasteiger partial charge in [-0.3, -0.25) is 5.10 Å². The fourth-order valence-electron chi connectivity index (χ4n) is 3.46. The van der Waals surface area contributed by atoms with Crippen LogP contribution in [0.1, 0.15) is 33.7 Å². The minimum atomic E-state index is -0.585. The quantitative estimate of drug-likeness (QED) is 0.708. The van der Waals surface area contributed by atoms with Crippen molar-refractivity contribution in [1.29, 1.82) is 5.26 Å². The topological polar surface area (TPSA) is 110 Å². The Hall–Kier alpha value is -3.53. The van der Waals surface area contributed by atoms with E-state index >= 15 is 0 Å². The Morgan fingerprint density at radius 1 is 1.35 bits per heavy atom. The van der Waals surface area contributed by atoms with Gasteiger partial charge in [0.2, 0.25) is 0 Å². The van der Waals surface area contributed by atoms with E-state index in [1.54, 1.807) is 10.8 Å². The summed E-state index contributed by atoms with van der Waals surface area (Å²) in [6.07, 6.45) is 4.78. The lowest BCUT2D eigenvalue weighted by molar-refractivity contribution is 0.0593. The van der Waals surface area contributed by atoms with Gasteiger partial charge in [-0.25, -0.2) is 4.79 Å². The van der Waals surface area contributed by atoms with Gasteiger partial charge in [0.05, 0.1) is 24.1 Å². The van der Waals surface area contributed by atoms with E-state index in [4.69, 9.17) is 10.5 Å². The molecule has 1 aliphatic rings. The normalized spacial score (nSPS) is 12.6. The Kier molecular flexibility index (Phi) is 3.73. The second kappa shape index (κ2) is 6.08. The van der Waals surface area contributed by atoms with Gasteiger partial charge < -0.3 is 15.0 Å². The Morgan fingerprint density at radius 3 is 2.81 bits per heavy atom. The molecule has 1 aliphatic carbocycles. The van der Waals surface area contributed by atoms with E-state index in [1.165, 1.54) is 18.4 Å². The number of nitrogen functional groups attached to an aromatic ring is 1. The predicted octanol–water partition coefficient (Wildman–Crippen LogP) is 2.60. The highest BCUT2D eigenvalue weighted by molar-refractivity contribution is 5.96. The summed E-state index contributed by atoms with van der Waals surface area (Å²) in [4.78, 5) is 12.1. The van der Waals surface area contributed by atoms with Crippen LogP contribution in [0, 0.1) is 11.3 Å². The number of fused-ring (bicyclic) bond motifs is 1. The smallest absolute Gasteiger partial charge is 0.357 e. The van der Waals surface area contributed by atoms with Crippen LogP contribution < -0.4 is 5.73 Å². The molecule has 0 atom stereocenters. The molecule has 0 spiro atoms. The summed E-state index contributed by atoms with van der Waals surface area (Å²) in [7, 11) is 1.28. The summed E-state index contributed by atoms with van der Waals surface area (Å²) in [5.74, 6) is -0.585. The van der Waals surface area contributed by atoms with E-state index in [2.05, 4.69) is 10.2 Å². The van der Waals surface area contributed by atoms with Crippen molar-refractivity contribution in [3.05, 3.63) is 53.0 Å². The Labute approximate surface area is 150 Å². The number of hydrogen-bond donors (Lipinski definition) is 2. The number of aryl methyl sites for hydroxylation is 1. The maximum Gasteiger partial charge on any atom is 0.357 e. The molecule has 0 saturated heterocycles. The molecule has 0 fully saturated rings.